The SMILES string of the molecule is FC1=[C]CC[CH]O1. The fourth-order valence-electron chi connectivity index (χ4n) is 0.403. The highest BCUT2D eigenvalue weighted by Crippen LogP contribution is 2.11. The fourth-order valence-corrected chi connectivity index (χ4v) is 0.403. The lowest BCUT2D eigenvalue weighted by Crippen LogP contribution is -1.90. The van der Waals surface area contributed by atoms with E-state index < -0.39 is 6.01 Å². The van der Waals surface area contributed by atoms with Gasteiger partial charge in [0.2, 0.25) is 0 Å². The summed E-state index contributed by atoms with van der Waals surface area (Å²) in [5.74, 6) is 0. The molecular formula is C5H5FO. The highest BCUT2D eigenvalue weighted by Gasteiger charge is 2.00. The standard InChI is InChI=1S/C5H5FO/c6-5-3-1-2-4-7-5/h4H,1-2H2. The van der Waals surface area contributed by atoms with Gasteiger partial charge in [-0.1, -0.05) is 0 Å². The van der Waals surface area contributed by atoms with Crippen molar-refractivity contribution in [3.05, 3.63) is 18.7 Å². The van der Waals surface area contributed by atoms with Crippen LogP contribution in [0, 0.1) is 12.7 Å². The highest BCUT2D eigenvalue weighted by atomic mass is 19.1. The van der Waals surface area contributed by atoms with E-state index in [-0.39, 0.29) is 0 Å². The van der Waals surface area contributed by atoms with Crippen molar-refractivity contribution >= 4 is 0 Å². The Morgan fingerprint density at radius 1 is 1.86 bits per heavy atom. The third-order valence-electron chi connectivity index (χ3n) is 0.713. The van der Waals surface area contributed by atoms with E-state index in [1.807, 2.05) is 0 Å². The predicted octanol–water partition coefficient (Wildman–Crippen LogP) is 1.57. The van der Waals surface area contributed by atoms with E-state index in [4.69, 9.17) is 0 Å². The molecule has 1 rings (SSSR count). The lowest BCUT2D eigenvalue weighted by molar-refractivity contribution is 0.179. The molecule has 0 aliphatic carbocycles. The molecule has 1 nitrogen and oxygen atoms in total. The van der Waals surface area contributed by atoms with Crippen molar-refractivity contribution in [2.24, 2.45) is 0 Å². The van der Waals surface area contributed by atoms with Crippen LogP contribution in [-0.2, 0) is 4.74 Å². The molecule has 2 heteroatoms. The molecule has 0 N–H and O–H groups in total. The Morgan fingerprint density at radius 2 is 2.71 bits per heavy atom. The number of hydrogen-bond donors (Lipinski definition) is 0. The average molecular weight is 100 g/mol. The zero-order valence-electron chi connectivity index (χ0n) is 3.78. The molecule has 0 atom stereocenters. The van der Waals surface area contributed by atoms with Crippen LogP contribution in [0.2, 0.25) is 0 Å². The van der Waals surface area contributed by atoms with Gasteiger partial charge in [0.05, 0.1) is 0 Å². The molecule has 0 bridgehead atoms. The molecule has 1 aliphatic rings. The Kier molecular flexibility index (Phi) is 1.29. The van der Waals surface area contributed by atoms with Crippen LogP contribution in [0.5, 0.6) is 0 Å². The summed E-state index contributed by atoms with van der Waals surface area (Å²) in [6.07, 6.45) is 3.79. The molecule has 7 heavy (non-hydrogen) atoms. The van der Waals surface area contributed by atoms with Crippen LogP contribution in [0.25, 0.3) is 0 Å². The van der Waals surface area contributed by atoms with E-state index in [2.05, 4.69) is 10.8 Å². The second-order valence-electron chi connectivity index (χ2n) is 1.27. The molecule has 0 spiro atoms. The molecule has 0 aromatic rings. The molecule has 0 saturated heterocycles. The summed E-state index contributed by atoms with van der Waals surface area (Å²) in [7, 11) is 0. The largest absolute Gasteiger partial charge is 0.463 e. The van der Waals surface area contributed by atoms with Crippen LogP contribution >= 0.6 is 0 Å². The normalized spacial score (nSPS) is 20.4. The van der Waals surface area contributed by atoms with Gasteiger partial charge in [-0.2, -0.15) is 4.39 Å². The van der Waals surface area contributed by atoms with Crippen molar-refractivity contribution in [3.63, 3.8) is 0 Å². The monoisotopic (exact) mass is 100 g/mol. The number of hydrogen-bond acceptors (Lipinski definition) is 1. The van der Waals surface area contributed by atoms with Crippen LogP contribution in [-0.4, -0.2) is 0 Å². The van der Waals surface area contributed by atoms with Gasteiger partial charge in [-0.25, -0.2) is 0 Å². The van der Waals surface area contributed by atoms with Gasteiger partial charge < -0.3 is 4.74 Å². The molecule has 0 unspecified atom stereocenters. The van der Waals surface area contributed by atoms with Crippen LogP contribution in [0.1, 0.15) is 12.8 Å². The number of ether oxygens (including phenoxy) is 1. The summed E-state index contributed by atoms with van der Waals surface area (Å²) in [6.45, 7) is 1.44. The maximum atomic E-state index is 11.7. The minimum absolute atomic E-state index is 0.591. The van der Waals surface area contributed by atoms with E-state index >= 15 is 0 Å². The number of rotatable bonds is 0. The molecule has 0 fully saturated rings. The van der Waals surface area contributed by atoms with E-state index in [0.717, 1.165) is 6.42 Å². The summed E-state index contributed by atoms with van der Waals surface area (Å²) in [5, 5.41) is 0. The van der Waals surface area contributed by atoms with Crippen molar-refractivity contribution in [2.75, 3.05) is 0 Å². The quantitative estimate of drug-likeness (QED) is 0.449. The summed E-state index contributed by atoms with van der Waals surface area (Å²) in [6, 6.07) is -0.591. The smallest absolute Gasteiger partial charge is 0.276 e. The van der Waals surface area contributed by atoms with Crippen molar-refractivity contribution < 1.29 is 9.13 Å². The van der Waals surface area contributed by atoms with Crippen molar-refractivity contribution in [2.45, 2.75) is 12.8 Å². The first-order valence-corrected chi connectivity index (χ1v) is 2.14. The first-order chi connectivity index (χ1) is 3.39. The van der Waals surface area contributed by atoms with Crippen molar-refractivity contribution in [1.82, 2.24) is 0 Å². The molecule has 0 aromatic heterocycles. The minimum Gasteiger partial charge on any atom is -0.463 e. The first-order valence-electron chi connectivity index (χ1n) is 2.14. The van der Waals surface area contributed by atoms with Gasteiger partial charge in [-0.3, -0.25) is 0 Å². The van der Waals surface area contributed by atoms with Gasteiger partial charge in [-0.15, -0.1) is 0 Å². The first kappa shape index (κ1) is 4.62. The molecule has 2 radical (unpaired) electrons. The predicted molar refractivity (Wildman–Crippen MR) is 22.5 cm³/mol. The molecule has 0 amide bonds. The van der Waals surface area contributed by atoms with Crippen LogP contribution in [0.15, 0.2) is 6.01 Å². The zero-order valence-corrected chi connectivity index (χ0v) is 3.78. The number of allylic oxidation sites excluding steroid dienone is 1. The van der Waals surface area contributed by atoms with Crippen molar-refractivity contribution in [3.8, 4) is 0 Å². The Bertz CT molecular complexity index is 88.1. The second kappa shape index (κ2) is 1.96. The van der Waals surface area contributed by atoms with Crippen LogP contribution in [0.4, 0.5) is 4.39 Å². The van der Waals surface area contributed by atoms with E-state index in [0.29, 0.717) is 6.42 Å². The zero-order chi connectivity index (χ0) is 5.11. The summed E-state index contributed by atoms with van der Waals surface area (Å²) >= 11 is 0. The lowest BCUT2D eigenvalue weighted by Gasteiger charge is -2.03. The topological polar surface area (TPSA) is 9.23 Å². The Morgan fingerprint density at radius 3 is 3.00 bits per heavy atom. The molecule has 0 saturated carbocycles. The summed E-state index contributed by atoms with van der Waals surface area (Å²) in [4.78, 5) is 0. The molecule has 0 aromatic carbocycles. The van der Waals surface area contributed by atoms with Gasteiger partial charge in [0.1, 0.15) is 6.61 Å². The van der Waals surface area contributed by atoms with Gasteiger partial charge in [0, 0.05) is 6.08 Å². The molecule has 1 heterocycles. The van der Waals surface area contributed by atoms with Crippen LogP contribution < -0.4 is 0 Å². The van der Waals surface area contributed by atoms with Gasteiger partial charge in [0.15, 0.2) is 0 Å². The third-order valence-corrected chi connectivity index (χ3v) is 0.713. The highest BCUT2D eigenvalue weighted by molar-refractivity contribution is 4.81. The van der Waals surface area contributed by atoms with Crippen LogP contribution in [0.3, 0.4) is 0 Å². The van der Waals surface area contributed by atoms with Gasteiger partial charge in [0.25, 0.3) is 6.01 Å². The van der Waals surface area contributed by atoms with E-state index in [1.54, 1.807) is 0 Å². The van der Waals surface area contributed by atoms with E-state index in [9.17, 15) is 4.39 Å². The lowest BCUT2D eigenvalue weighted by atomic mass is 10.3. The Labute approximate surface area is 41.8 Å². The van der Waals surface area contributed by atoms with Crippen molar-refractivity contribution in [1.29, 1.82) is 0 Å². The average Bonchev–Trinajstić information content (AvgIpc) is 1.69. The minimum atomic E-state index is -0.591. The fraction of sp³-hybridized carbons (Fsp3) is 0.400. The van der Waals surface area contributed by atoms with Gasteiger partial charge in [-0.05, 0) is 12.8 Å². The Hall–Kier alpha value is -0.530. The molecule has 38 valence electrons. The second-order valence-corrected chi connectivity index (χ2v) is 1.27. The summed E-state index contributed by atoms with van der Waals surface area (Å²) in [5.41, 5.74) is 0. The molecular weight excluding hydrogens is 95.1 g/mol. The van der Waals surface area contributed by atoms with E-state index in [1.165, 1.54) is 6.61 Å². The maximum absolute atomic E-state index is 11.7. The molecule has 1 aliphatic heterocycles. The summed E-state index contributed by atoms with van der Waals surface area (Å²) < 4.78 is 16.0. The third kappa shape index (κ3) is 1.18. The van der Waals surface area contributed by atoms with Gasteiger partial charge >= 0.3 is 0 Å². The number of halogens is 1. The Balaban J connectivity index is 2.40. The maximum Gasteiger partial charge on any atom is 0.276 e.